The molecule has 72 valence electrons. The van der Waals surface area contributed by atoms with Gasteiger partial charge in [-0.1, -0.05) is 6.92 Å². The highest BCUT2D eigenvalue weighted by Crippen LogP contribution is 2.28. The summed E-state index contributed by atoms with van der Waals surface area (Å²) in [6, 6.07) is 0.895. The Balaban J connectivity index is 3.16. The number of hydrogen-bond acceptors (Lipinski definition) is 2. The van der Waals surface area contributed by atoms with Gasteiger partial charge in [0.25, 0.3) is 0 Å². The fraction of sp³-hybridized carbons (Fsp3) is 0.429. The molecule has 0 unspecified atom stereocenters. The molecule has 0 fully saturated rings. The summed E-state index contributed by atoms with van der Waals surface area (Å²) in [4.78, 5) is 6.70. The van der Waals surface area contributed by atoms with Crippen molar-refractivity contribution in [2.75, 3.05) is 0 Å². The Labute approximate surface area is 77.8 Å². The molecule has 0 amide bonds. The largest absolute Gasteiger partial charge is 0.433 e. The minimum absolute atomic E-state index is 0.285. The summed E-state index contributed by atoms with van der Waals surface area (Å²) in [5, 5.41) is -0.369. The maximum Gasteiger partial charge on any atom is 0.433 e. The molecule has 0 aliphatic heterocycles. The van der Waals surface area contributed by atoms with Gasteiger partial charge in [0.15, 0.2) is 0 Å². The quantitative estimate of drug-likeness (QED) is 0.666. The molecule has 1 rings (SSSR count). The molecule has 0 N–H and O–H groups in total. The predicted molar refractivity (Wildman–Crippen MR) is 41.4 cm³/mol. The van der Waals surface area contributed by atoms with Crippen molar-refractivity contribution in [2.45, 2.75) is 19.5 Å². The number of aromatic nitrogens is 2. The molecule has 1 aromatic rings. The Morgan fingerprint density at radius 3 is 2.46 bits per heavy atom. The molecule has 0 atom stereocenters. The van der Waals surface area contributed by atoms with Crippen LogP contribution in [0.2, 0.25) is 5.28 Å². The second kappa shape index (κ2) is 3.49. The SMILES string of the molecule is CCc1cc(C(F)(F)F)nc(Cl)n1. The van der Waals surface area contributed by atoms with Crippen LogP contribution >= 0.6 is 11.6 Å². The van der Waals surface area contributed by atoms with Gasteiger partial charge in [-0.25, -0.2) is 9.97 Å². The molecular weight excluding hydrogens is 205 g/mol. The summed E-state index contributed by atoms with van der Waals surface area (Å²) in [5.74, 6) is 0. The molecule has 13 heavy (non-hydrogen) atoms. The molecule has 0 saturated carbocycles. The number of nitrogens with zero attached hydrogens (tertiary/aromatic N) is 2. The third-order valence-corrected chi connectivity index (χ3v) is 1.57. The maximum atomic E-state index is 12.1. The van der Waals surface area contributed by atoms with E-state index in [9.17, 15) is 13.2 Å². The van der Waals surface area contributed by atoms with E-state index in [1.54, 1.807) is 6.92 Å². The molecule has 2 nitrogen and oxygen atoms in total. The minimum atomic E-state index is -4.46. The minimum Gasteiger partial charge on any atom is -0.223 e. The van der Waals surface area contributed by atoms with E-state index in [1.807, 2.05) is 0 Å². The van der Waals surface area contributed by atoms with E-state index in [4.69, 9.17) is 11.6 Å². The van der Waals surface area contributed by atoms with Crippen LogP contribution in [0.15, 0.2) is 6.07 Å². The van der Waals surface area contributed by atoms with Crippen molar-refractivity contribution >= 4 is 11.6 Å². The fourth-order valence-electron chi connectivity index (χ4n) is 0.792. The number of hydrogen-bond donors (Lipinski definition) is 0. The smallest absolute Gasteiger partial charge is 0.223 e. The van der Waals surface area contributed by atoms with Gasteiger partial charge < -0.3 is 0 Å². The number of halogens is 4. The fourth-order valence-corrected chi connectivity index (χ4v) is 0.991. The van der Waals surface area contributed by atoms with Crippen molar-refractivity contribution in [3.8, 4) is 0 Å². The number of alkyl halides is 3. The zero-order valence-corrected chi connectivity index (χ0v) is 7.45. The monoisotopic (exact) mass is 210 g/mol. The summed E-state index contributed by atoms with van der Waals surface area (Å²) in [6.07, 6.45) is -4.07. The lowest BCUT2D eigenvalue weighted by atomic mass is 10.3. The Kier molecular flexibility index (Phi) is 2.75. The molecule has 1 heterocycles. The van der Waals surface area contributed by atoms with Crippen LogP contribution in [-0.2, 0) is 12.6 Å². The zero-order valence-electron chi connectivity index (χ0n) is 6.69. The Morgan fingerprint density at radius 2 is 2.00 bits per heavy atom. The van der Waals surface area contributed by atoms with E-state index < -0.39 is 11.9 Å². The van der Waals surface area contributed by atoms with Crippen LogP contribution in [0.1, 0.15) is 18.3 Å². The molecule has 0 aromatic carbocycles. The van der Waals surface area contributed by atoms with Crippen LogP contribution in [-0.4, -0.2) is 9.97 Å². The van der Waals surface area contributed by atoms with Gasteiger partial charge in [-0.05, 0) is 24.1 Å². The van der Waals surface area contributed by atoms with Crippen molar-refractivity contribution in [3.63, 3.8) is 0 Å². The zero-order chi connectivity index (χ0) is 10.1. The third kappa shape index (κ3) is 2.55. The lowest BCUT2D eigenvalue weighted by Crippen LogP contribution is -2.09. The van der Waals surface area contributed by atoms with Gasteiger partial charge in [-0.3, -0.25) is 0 Å². The van der Waals surface area contributed by atoms with Crippen molar-refractivity contribution in [1.82, 2.24) is 9.97 Å². The lowest BCUT2D eigenvalue weighted by Gasteiger charge is -2.06. The first-order valence-electron chi connectivity index (χ1n) is 3.54. The van der Waals surface area contributed by atoms with Gasteiger partial charge in [-0.2, -0.15) is 13.2 Å². The first-order chi connectivity index (χ1) is 5.93. The third-order valence-electron chi connectivity index (χ3n) is 1.40. The van der Waals surface area contributed by atoms with Crippen molar-refractivity contribution in [3.05, 3.63) is 22.7 Å². The van der Waals surface area contributed by atoms with Crippen LogP contribution in [0.4, 0.5) is 13.2 Å². The lowest BCUT2D eigenvalue weighted by molar-refractivity contribution is -0.141. The van der Waals surface area contributed by atoms with Gasteiger partial charge >= 0.3 is 6.18 Å². The highest BCUT2D eigenvalue weighted by atomic mass is 35.5. The Bertz CT molecular complexity index is 311. The Morgan fingerprint density at radius 1 is 1.38 bits per heavy atom. The highest BCUT2D eigenvalue weighted by molar-refractivity contribution is 6.28. The molecular formula is C7H6ClF3N2. The highest BCUT2D eigenvalue weighted by Gasteiger charge is 2.33. The first kappa shape index (κ1) is 10.2. The van der Waals surface area contributed by atoms with Gasteiger partial charge in [0.1, 0.15) is 5.69 Å². The van der Waals surface area contributed by atoms with Crippen molar-refractivity contribution in [2.24, 2.45) is 0 Å². The first-order valence-corrected chi connectivity index (χ1v) is 3.92. The molecule has 0 spiro atoms. The van der Waals surface area contributed by atoms with Crippen LogP contribution < -0.4 is 0 Å². The molecule has 0 saturated heterocycles. The number of rotatable bonds is 1. The van der Waals surface area contributed by atoms with E-state index in [0.717, 1.165) is 6.07 Å². The molecule has 0 aliphatic rings. The molecule has 6 heteroatoms. The predicted octanol–water partition coefficient (Wildman–Crippen LogP) is 2.71. The van der Waals surface area contributed by atoms with E-state index in [-0.39, 0.29) is 11.0 Å². The second-order valence-corrected chi connectivity index (χ2v) is 2.70. The van der Waals surface area contributed by atoms with E-state index >= 15 is 0 Å². The molecule has 0 bridgehead atoms. The summed E-state index contributed by atoms with van der Waals surface area (Å²) < 4.78 is 36.4. The average Bonchev–Trinajstić information content (AvgIpc) is 2.01. The second-order valence-electron chi connectivity index (χ2n) is 2.36. The number of aryl methyl sites for hydroxylation is 1. The van der Waals surface area contributed by atoms with Gasteiger partial charge in [0, 0.05) is 5.69 Å². The molecule has 0 aliphatic carbocycles. The standard InChI is InChI=1S/C7H6ClF3N2/c1-2-4-3-5(7(9,10)11)13-6(8)12-4/h3H,2H2,1H3. The van der Waals surface area contributed by atoms with Crippen LogP contribution in [0, 0.1) is 0 Å². The van der Waals surface area contributed by atoms with Crippen LogP contribution in [0.3, 0.4) is 0 Å². The van der Waals surface area contributed by atoms with Gasteiger partial charge in [0.05, 0.1) is 0 Å². The molecule has 0 radical (unpaired) electrons. The average molecular weight is 211 g/mol. The Hall–Kier alpha value is -0.840. The summed E-state index contributed by atoms with van der Waals surface area (Å²) in [7, 11) is 0. The van der Waals surface area contributed by atoms with E-state index in [1.165, 1.54) is 0 Å². The van der Waals surface area contributed by atoms with Gasteiger partial charge in [0.2, 0.25) is 5.28 Å². The van der Waals surface area contributed by atoms with E-state index in [2.05, 4.69) is 9.97 Å². The topological polar surface area (TPSA) is 25.8 Å². The van der Waals surface area contributed by atoms with Crippen LogP contribution in [0.25, 0.3) is 0 Å². The molecule has 1 aromatic heterocycles. The normalized spacial score (nSPS) is 11.8. The van der Waals surface area contributed by atoms with Crippen molar-refractivity contribution < 1.29 is 13.2 Å². The summed E-state index contributed by atoms with van der Waals surface area (Å²) >= 11 is 5.31. The van der Waals surface area contributed by atoms with Crippen LogP contribution in [0.5, 0.6) is 0 Å². The van der Waals surface area contributed by atoms with Gasteiger partial charge in [-0.15, -0.1) is 0 Å². The summed E-state index contributed by atoms with van der Waals surface area (Å²) in [6.45, 7) is 1.69. The van der Waals surface area contributed by atoms with E-state index in [0.29, 0.717) is 6.42 Å². The van der Waals surface area contributed by atoms with Crippen molar-refractivity contribution in [1.29, 1.82) is 0 Å². The maximum absolute atomic E-state index is 12.1. The summed E-state index contributed by atoms with van der Waals surface area (Å²) in [5.41, 5.74) is -0.711.